The van der Waals surface area contributed by atoms with Crippen LogP contribution in [0.2, 0.25) is 0 Å². The maximum atomic E-state index is 2.36. The van der Waals surface area contributed by atoms with Crippen LogP contribution < -0.4 is 0 Å². The summed E-state index contributed by atoms with van der Waals surface area (Å²) in [5, 5.41) is 0. The zero-order valence-electron chi connectivity index (χ0n) is 14.1. The van der Waals surface area contributed by atoms with E-state index in [9.17, 15) is 0 Å². The molecule has 22 heavy (non-hydrogen) atoms. The summed E-state index contributed by atoms with van der Waals surface area (Å²) in [4.78, 5) is 2.82. The number of aryl methyl sites for hydroxylation is 4. The van der Waals surface area contributed by atoms with E-state index in [1.807, 2.05) is 21.6 Å². The first-order valence-corrected chi connectivity index (χ1v) is 10.4. The topological polar surface area (TPSA) is 0 Å². The Balaban J connectivity index is 2.16. The molecule has 2 aromatic rings. The molecular weight excluding hydrogens is 304 g/mol. The van der Waals surface area contributed by atoms with Crippen LogP contribution in [0.15, 0.2) is 46.2 Å². The maximum Gasteiger partial charge on any atom is 0.0218 e. The highest BCUT2D eigenvalue weighted by Crippen LogP contribution is 2.41. The smallest absolute Gasteiger partial charge is 0.0218 e. The average Bonchev–Trinajstić information content (AvgIpc) is 2.59. The Morgan fingerprint density at radius 3 is 1.32 bits per heavy atom. The van der Waals surface area contributed by atoms with Crippen molar-refractivity contribution in [3.63, 3.8) is 0 Å². The minimum absolute atomic E-state index is 1.10. The second-order valence-corrected chi connectivity index (χ2v) is 7.68. The molecule has 0 saturated heterocycles. The molecule has 0 aliphatic carbocycles. The fourth-order valence-electron chi connectivity index (χ4n) is 2.51. The van der Waals surface area contributed by atoms with Gasteiger partial charge in [0.25, 0.3) is 0 Å². The van der Waals surface area contributed by atoms with Crippen LogP contribution >= 0.6 is 21.6 Å². The van der Waals surface area contributed by atoms with Gasteiger partial charge in [-0.3, -0.25) is 0 Å². The van der Waals surface area contributed by atoms with Gasteiger partial charge in [0.05, 0.1) is 0 Å². The van der Waals surface area contributed by atoms with Crippen LogP contribution in [-0.2, 0) is 25.7 Å². The molecule has 2 aromatic carbocycles. The summed E-state index contributed by atoms with van der Waals surface area (Å²) in [6.07, 6.45) is 4.44. The van der Waals surface area contributed by atoms with Gasteiger partial charge in [0.2, 0.25) is 0 Å². The Morgan fingerprint density at radius 2 is 1.00 bits per heavy atom. The Morgan fingerprint density at radius 1 is 0.591 bits per heavy atom. The van der Waals surface area contributed by atoms with Crippen molar-refractivity contribution in [2.45, 2.75) is 63.2 Å². The summed E-state index contributed by atoms with van der Waals surface area (Å²) in [6.45, 7) is 8.94. The SMILES string of the molecule is CCc1ccc(SSc2ccc(CC)cc2CC)c(CC)c1. The van der Waals surface area contributed by atoms with Crippen molar-refractivity contribution in [2.24, 2.45) is 0 Å². The molecule has 2 heteroatoms. The van der Waals surface area contributed by atoms with Crippen molar-refractivity contribution in [3.8, 4) is 0 Å². The fourth-order valence-corrected chi connectivity index (χ4v) is 5.07. The van der Waals surface area contributed by atoms with Crippen LogP contribution in [0.4, 0.5) is 0 Å². The van der Waals surface area contributed by atoms with Crippen molar-refractivity contribution >= 4 is 21.6 Å². The lowest BCUT2D eigenvalue weighted by Gasteiger charge is -2.12. The van der Waals surface area contributed by atoms with Crippen molar-refractivity contribution in [2.75, 3.05) is 0 Å². The molecule has 0 unspecified atom stereocenters. The largest absolute Gasteiger partial charge is 0.0613 e. The van der Waals surface area contributed by atoms with Gasteiger partial charge in [0.1, 0.15) is 0 Å². The normalized spacial score (nSPS) is 10.9. The number of benzene rings is 2. The molecule has 0 bridgehead atoms. The molecule has 0 heterocycles. The molecule has 0 radical (unpaired) electrons. The zero-order chi connectivity index (χ0) is 15.9. The summed E-state index contributed by atoms with van der Waals surface area (Å²) in [5.74, 6) is 0. The van der Waals surface area contributed by atoms with E-state index in [0.717, 1.165) is 25.7 Å². The zero-order valence-corrected chi connectivity index (χ0v) is 15.7. The highest BCUT2D eigenvalue weighted by atomic mass is 33.1. The van der Waals surface area contributed by atoms with Gasteiger partial charge in [-0.2, -0.15) is 0 Å². The third-order valence-electron chi connectivity index (χ3n) is 4.05. The van der Waals surface area contributed by atoms with Crippen LogP contribution in [-0.4, -0.2) is 0 Å². The second-order valence-electron chi connectivity index (χ2n) is 5.47. The van der Waals surface area contributed by atoms with Crippen LogP contribution in [0.1, 0.15) is 49.9 Å². The first kappa shape index (κ1) is 17.5. The first-order valence-electron chi connectivity index (χ1n) is 8.29. The molecular formula is C20H26S2. The van der Waals surface area contributed by atoms with E-state index in [1.54, 1.807) is 0 Å². The molecule has 0 saturated carbocycles. The minimum atomic E-state index is 1.10. The third kappa shape index (κ3) is 4.33. The molecule has 2 rings (SSSR count). The predicted octanol–water partition coefficient (Wildman–Crippen LogP) is 6.74. The monoisotopic (exact) mass is 330 g/mol. The van der Waals surface area contributed by atoms with Crippen molar-refractivity contribution in [1.29, 1.82) is 0 Å². The van der Waals surface area contributed by atoms with Crippen molar-refractivity contribution in [1.82, 2.24) is 0 Å². The van der Waals surface area contributed by atoms with Gasteiger partial charge in [-0.25, -0.2) is 0 Å². The molecule has 0 aliphatic rings. The highest BCUT2D eigenvalue weighted by molar-refractivity contribution is 8.76. The number of rotatable bonds is 7. The van der Waals surface area contributed by atoms with E-state index < -0.39 is 0 Å². The Kier molecular flexibility index (Phi) is 6.91. The van der Waals surface area contributed by atoms with Crippen molar-refractivity contribution in [3.05, 3.63) is 58.7 Å². The Bertz CT molecular complexity index is 562. The first-order chi connectivity index (χ1) is 10.7. The van der Waals surface area contributed by atoms with E-state index in [4.69, 9.17) is 0 Å². The Labute approximate surface area is 143 Å². The second kappa shape index (κ2) is 8.69. The maximum absolute atomic E-state index is 2.36. The molecule has 0 N–H and O–H groups in total. The molecule has 0 atom stereocenters. The lowest BCUT2D eigenvalue weighted by Crippen LogP contribution is -1.90. The molecule has 0 fully saturated rings. The molecule has 0 aromatic heterocycles. The molecule has 0 spiro atoms. The summed E-state index contributed by atoms with van der Waals surface area (Å²) in [5.41, 5.74) is 5.82. The van der Waals surface area contributed by atoms with E-state index in [2.05, 4.69) is 64.1 Å². The summed E-state index contributed by atoms with van der Waals surface area (Å²) >= 11 is 0. The fraction of sp³-hybridized carbons (Fsp3) is 0.400. The lowest BCUT2D eigenvalue weighted by atomic mass is 10.1. The van der Waals surface area contributed by atoms with E-state index in [0.29, 0.717) is 0 Å². The van der Waals surface area contributed by atoms with E-state index in [-0.39, 0.29) is 0 Å². The summed E-state index contributed by atoms with van der Waals surface area (Å²) in [7, 11) is 3.81. The molecule has 0 aliphatic heterocycles. The average molecular weight is 331 g/mol. The Hall–Kier alpha value is -0.860. The van der Waals surface area contributed by atoms with Crippen LogP contribution in [0.25, 0.3) is 0 Å². The van der Waals surface area contributed by atoms with Crippen LogP contribution in [0.3, 0.4) is 0 Å². The lowest BCUT2D eigenvalue weighted by molar-refractivity contribution is 1.04. The minimum Gasteiger partial charge on any atom is -0.0613 e. The van der Waals surface area contributed by atoms with Crippen molar-refractivity contribution < 1.29 is 0 Å². The van der Waals surface area contributed by atoms with Gasteiger partial charge in [0, 0.05) is 9.79 Å². The standard InChI is InChI=1S/C20H26S2/c1-5-15-9-11-19(17(7-3)13-15)21-22-20-12-10-16(6-2)14-18(20)8-4/h9-14H,5-8H2,1-4H3. The van der Waals surface area contributed by atoms with Gasteiger partial charge in [-0.15, -0.1) is 0 Å². The summed E-state index contributed by atoms with van der Waals surface area (Å²) < 4.78 is 0. The number of hydrogen-bond donors (Lipinski definition) is 0. The van der Waals surface area contributed by atoms with E-state index >= 15 is 0 Å². The third-order valence-corrected chi connectivity index (χ3v) is 6.62. The molecule has 118 valence electrons. The predicted molar refractivity (Wildman–Crippen MR) is 102 cm³/mol. The highest BCUT2D eigenvalue weighted by Gasteiger charge is 2.07. The van der Waals surface area contributed by atoms with Gasteiger partial charge in [-0.05, 0) is 60.1 Å². The molecule has 0 nitrogen and oxygen atoms in total. The quantitative estimate of drug-likeness (QED) is 0.516. The van der Waals surface area contributed by atoms with E-state index in [1.165, 1.54) is 32.0 Å². The van der Waals surface area contributed by atoms with Gasteiger partial charge in [0.15, 0.2) is 0 Å². The van der Waals surface area contributed by atoms with Gasteiger partial charge >= 0.3 is 0 Å². The summed E-state index contributed by atoms with van der Waals surface area (Å²) in [6, 6.07) is 13.8. The van der Waals surface area contributed by atoms with Crippen LogP contribution in [0, 0.1) is 0 Å². The van der Waals surface area contributed by atoms with Gasteiger partial charge < -0.3 is 0 Å². The number of hydrogen-bond acceptors (Lipinski definition) is 2. The van der Waals surface area contributed by atoms with Gasteiger partial charge in [-0.1, -0.05) is 73.5 Å². The van der Waals surface area contributed by atoms with Crippen LogP contribution in [0.5, 0.6) is 0 Å². The molecule has 0 amide bonds.